The zero-order valence-corrected chi connectivity index (χ0v) is 17.6. The minimum atomic E-state index is -0.210. The normalized spacial score (nSPS) is 15.4. The van der Waals surface area contributed by atoms with E-state index in [2.05, 4.69) is 32.4 Å². The van der Waals surface area contributed by atoms with E-state index in [4.69, 9.17) is 4.98 Å². The molecule has 1 amide bonds. The molecule has 1 aliphatic heterocycles. The molecule has 30 heavy (non-hydrogen) atoms. The fourth-order valence-electron chi connectivity index (χ4n) is 3.99. The van der Waals surface area contributed by atoms with Gasteiger partial charge in [-0.15, -0.1) is 0 Å². The van der Waals surface area contributed by atoms with Crippen LogP contribution in [0.2, 0.25) is 0 Å². The van der Waals surface area contributed by atoms with Gasteiger partial charge in [0.25, 0.3) is 5.91 Å². The molecule has 8 heteroatoms. The van der Waals surface area contributed by atoms with Crippen molar-refractivity contribution in [2.24, 2.45) is 5.92 Å². The molecule has 4 heterocycles. The van der Waals surface area contributed by atoms with Gasteiger partial charge in [-0.25, -0.2) is 9.97 Å². The molecule has 3 aromatic heterocycles. The first-order chi connectivity index (χ1) is 14.7. The molecule has 0 aliphatic carbocycles. The fourth-order valence-corrected chi connectivity index (χ4v) is 3.99. The summed E-state index contributed by atoms with van der Waals surface area (Å²) in [5.74, 6) is 1.10. The van der Waals surface area contributed by atoms with Crippen molar-refractivity contribution in [3.8, 4) is 11.3 Å². The second-order valence-corrected chi connectivity index (χ2v) is 7.81. The Hall–Kier alpha value is -3.00. The number of nitrogens with zero attached hydrogens (tertiary/aromatic N) is 5. The van der Waals surface area contributed by atoms with Gasteiger partial charge in [-0.05, 0) is 56.9 Å². The minimum absolute atomic E-state index is 0.210. The maximum atomic E-state index is 12.1. The van der Waals surface area contributed by atoms with Gasteiger partial charge in [0.15, 0.2) is 11.5 Å². The van der Waals surface area contributed by atoms with Crippen molar-refractivity contribution in [1.82, 2.24) is 29.6 Å². The van der Waals surface area contributed by atoms with Crippen LogP contribution in [-0.4, -0.2) is 63.4 Å². The highest BCUT2D eigenvalue weighted by Gasteiger charge is 2.20. The molecule has 4 rings (SSSR count). The van der Waals surface area contributed by atoms with E-state index in [1.165, 1.54) is 25.8 Å². The number of likely N-dealkylation sites (tertiary alicyclic amines) is 1. The van der Waals surface area contributed by atoms with E-state index in [0.717, 1.165) is 30.9 Å². The molecule has 2 N–H and O–H groups in total. The molecule has 0 saturated carbocycles. The summed E-state index contributed by atoms with van der Waals surface area (Å²) in [7, 11) is 1.61. The summed E-state index contributed by atoms with van der Waals surface area (Å²) in [6.45, 7) is 6.59. The molecule has 1 saturated heterocycles. The third-order valence-corrected chi connectivity index (χ3v) is 5.68. The number of nitrogens with one attached hydrogen (secondary N) is 2. The predicted octanol–water partition coefficient (Wildman–Crippen LogP) is 2.68. The maximum Gasteiger partial charge on any atom is 0.271 e. The van der Waals surface area contributed by atoms with Crippen molar-refractivity contribution >= 4 is 17.4 Å². The first-order valence-corrected chi connectivity index (χ1v) is 10.7. The molecule has 8 nitrogen and oxygen atoms in total. The van der Waals surface area contributed by atoms with Gasteiger partial charge in [0.1, 0.15) is 5.69 Å². The second kappa shape index (κ2) is 9.21. The maximum absolute atomic E-state index is 12.1. The lowest BCUT2D eigenvalue weighted by Gasteiger charge is -2.31. The number of amides is 1. The van der Waals surface area contributed by atoms with Crippen LogP contribution in [-0.2, 0) is 0 Å². The van der Waals surface area contributed by atoms with Gasteiger partial charge in [-0.1, -0.05) is 6.92 Å². The predicted molar refractivity (Wildman–Crippen MR) is 118 cm³/mol. The summed E-state index contributed by atoms with van der Waals surface area (Å²) in [5, 5.41) is 6.16. The van der Waals surface area contributed by atoms with Gasteiger partial charge in [0.2, 0.25) is 0 Å². The van der Waals surface area contributed by atoms with Crippen LogP contribution in [0.25, 0.3) is 16.9 Å². The van der Waals surface area contributed by atoms with Gasteiger partial charge in [-0.2, -0.15) is 0 Å². The number of rotatable bonds is 7. The Morgan fingerprint density at radius 2 is 1.93 bits per heavy atom. The summed E-state index contributed by atoms with van der Waals surface area (Å²) in [6, 6.07) is 3.86. The summed E-state index contributed by atoms with van der Waals surface area (Å²) in [5.41, 5.74) is 2.82. The Bertz CT molecular complexity index is 993. The zero-order chi connectivity index (χ0) is 20.9. The summed E-state index contributed by atoms with van der Waals surface area (Å²) in [4.78, 5) is 28.1. The summed E-state index contributed by atoms with van der Waals surface area (Å²) >= 11 is 0. The molecule has 0 unspecified atom stereocenters. The van der Waals surface area contributed by atoms with E-state index in [1.54, 1.807) is 25.6 Å². The smallest absolute Gasteiger partial charge is 0.271 e. The number of piperidine rings is 1. The molecule has 0 bridgehead atoms. The van der Waals surface area contributed by atoms with Crippen molar-refractivity contribution in [2.75, 3.05) is 38.5 Å². The Morgan fingerprint density at radius 1 is 1.17 bits per heavy atom. The van der Waals surface area contributed by atoms with E-state index < -0.39 is 0 Å². The Balaban J connectivity index is 1.58. The number of aromatic nitrogens is 4. The van der Waals surface area contributed by atoms with Crippen LogP contribution in [0.1, 0.15) is 36.7 Å². The first kappa shape index (κ1) is 20.3. The monoisotopic (exact) mass is 407 g/mol. The van der Waals surface area contributed by atoms with Crippen LogP contribution in [0, 0.1) is 5.92 Å². The fraction of sp³-hybridized carbons (Fsp3) is 0.455. The Labute approximate surface area is 176 Å². The number of imidazole rings is 1. The van der Waals surface area contributed by atoms with Crippen LogP contribution >= 0.6 is 0 Å². The largest absolute Gasteiger partial charge is 0.367 e. The van der Waals surface area contributed by atoms with Crippen molar-refractivity contribution < 1.29 is 4.79 Å². The van der Waals surface area contributed by atoms with Crippen molar-refractivity contribution in [3.63, 3.8) is 0 Å². The SMILES string of the molecule is CCCN1CCC(CNc2nc(-c3ccncc3)cn3cc(C(=O)NC)nc23)CC1. The molecule has 3 aromatic rings. The van der Waals surface area contributed by atoms with E-state index in [9.17, 15) is 4.79 Å². The van der Waals surface area contributed by atoms with E-state index in [0.29, 0.717) is 23.1 Å². The standard InChI is InChI=1S/C22H29N7O/c1-3-10-28-11-6-16(7-12-28)13-25-20-21-27-19(22(30)23-2)15-29(21)14-18(26-20)17-4-8-24-9-5-17/h4-5,8-9,14-16H,3,6-7,10-13H2,1-2H3,(H,23,30)(H,25,26). The van der Waals surface area contributed by atoms with Gasteiger partial charge >= 0.3 is 0 Å². The third-order valence-electron chi connectivity index (χ3n) is 5.68. The molecule has 0 radical (unpaired) electrons. The minimum Gasteiger partial charge on any atom is -0.367 e. The molecule has 0 aromatic carbocycles. The van der Waals surface area contributed by atoms with Gasteiger partial charge in [0, 0.05) is 43.9 Å². The van der Waals surface area contributed by atoms with Gasteiger partial charge in [-0.3, -0.25) is 9.78 Å². The number of fused-ring (bicyclic) bond motifs is 1. The van der Waals surface area contributed by atoms with Crippen molar-refractivity contribution in [3.05, 3.63) is 42.6 Å². The topological polar surface area (TPSA) is 87.4 Å². The molecule has 1 fully saturated rings. The van der Waals surface area contributed by atoms with E-state index in [1.807, 2.05) is 22.7 Å². The molecular formula is C22H29N7O. The number of pyridine rings is 1. The Morgan fingerprint density at radius 3 is 2.63 bits per heavy atom. The summed E-state index contributed by atoms with van der Waals surface area (Å²) in [6.07, 6.45) is 10.7. The van der Waals surface area contributed by atoms with Crippen molar-refractivity contribution in [1.29, 1.82) is 0 Å². The molecule has 1 aliphatic rings. The highest BCUT2D eigenvalue weighted by atomic mass is 16.1. The van der Waals surface area contributed by atoms with Crippen LogP contribution in [0.4, 0.5) is 5.82 Å². The third kappa shape index (κ3) is 4.43. The lowest BCUT2D eigenvalue weighted by molar-refractivity contribution is 0.0959. The summed E-state index contributed by atoms with van der Waals surface area (Å²) < 4.78 is 1.87. The molecule has 158 valence electrons. The lowest BCUT2D eigenvalue weighted by atomic mass is 9.97. The molecular weight excluding hydrogens is 378 g/mol. The number of carbonyl (C=O) groups excluding carboxylic acids is 1. The number of anilines is 1. The number of hydrogen-bond donors (Lipinski definition) is 2. The zero-order valence-electron chi connectivity index (χ0n) is 17.6. The van der Waals surface area contributed by atoms with Crippen molar-refractivity contribution in [2.45, 2.75) is 26.2 Å². The highest BCUT2D eigenvalue weighted by Crippen LogP contribution is 2.24. The molecule has 0 spiro atoms. The van der Waals surface area contributed by atoms with Gasteiger partial charge < -0.3 is 19.9 Å². The number of hydrogen-bond acceptors (Lipinski definition) is 6. The van der Waals surface area contributed by atoms with E-state index in [-0.39, 0.29) is 5.91 Å². The van der Waals surface area contributed by atoms with Crippen LogP contribution in [0.15, 0.2) is 36.9 Å². The average Bonchev–Trinajstić information content (AvgIpc) is 3.23. The van der Waals surface area contributed by atoms with Crippen LogP contribution < -0.4 is 10.6 Å². The quantitative estimate of drug-likeness (QED) is 0.626. The van der Waals surface area contributed by atoms with E-state index >= 15 is 0 Å². The highest BCUT2D eigenvalue weighted by molar-refractivity contribution is 5.93. The van der Waals surface area contributed by atoms with Crippen LogP contribution in [0.5, 0.6) is 0 Å². The average molecular weight is 408 g/mol. The van der Waals surface area contributed by atoms with Crippen LogP contribution in [0.3, 0.4) is 0 Å². The van der Waals surface area contributed by atoms with Gasteiger partial charge in [0.05, 0.1) is 5.69 Å². The first-order valence-electron chi connectivity index (χ1n) is 10.7. The molecule has 0 atom stereocenters. The number of carbonyl (C=O) groups is 1. The Kier molecular flexibility index (Phi) is 6.23. The second-order valence-electron chi connectivity index (χ2n) is 7.81. The lowest BCUT2D eigenvalue weighted by Crippen LogP contribution is -2.36.